The first-order chi connectivity index (χ1) is 7.14. The number of hydrogen-bond donors (Lipinski definition) is 1. The molecule has 1 saturated carbocycles. The molecule has 0 bridgehead atoms. The van der Waals surface area contributed by atoms with Crippen LogP contribution in [0.2, 0.25) is 0 Å². The normalized spacial score (nSPS) is 19.0. The van der Waals surface area contributed by atoms with Crippen LogP contribution in [0.4, 0.5) is 0 Å². The second-order valence-corrected chi connectivity index (χ2v) is 5.59. The van der Waals surface area contributed by atoms with E-state index in [1.54, 1.807) is 0 Å². The quantitative estimate of drug-likeness (QED) is 0.700. The maximum absolute atomic E-state index is 3.67. The maximum atomic E-state index is 3.67. The molecule has 0 atom stereocenters. The lowest BCUT2D eigenvalue weighted by Crippen LogP contribution is -2.41. The average molecular weight is 211 g/mol. The molecule has 0 aromatic rings. The Balaban J connectivity index is 2.58. The highest BCUT2D eigenvalue weighted by atomic mass is 14.9. The van der Waals surface area contributed by atoms with Gasteiger partial charge < -0.3 is 5.32 Å². The molecule has 1 rings (SSSR count). The summed E-state index contributed by atoms with van der Waals surface area (Å²) in [6.45, 7) is 10.5. The zero-order valence-corrected chi connectivity index (χ0v) is 11.1. The summed E-state index contributed by atoms with van der Waals surface area (Å²) in [5.74, 6) is 0.985. The predicted molar refractivity (Wildman–Crippen MR) is 68.1 cm³/mol. The second-order valence-electron chi connectivity index (χ2n) is 5.59. The maximum Gasteiger partial charge on any atom is 0.00126 e. The Labute approximate surface area is 96.0 Å². The van der Waals surface area contributed by atoms with Crippen molar-refractivity contribution in [3.63, 3.8) is 0 Å². The zero-order valence-electron chi connectivity index (χ0n) is 11.1. The molecule has 0 aromatic carbocycles. The van der Waals surface area contributed by atoms with Gasteiger partial charge in [0.2, 0.25) is 0 Å². The van der Waals surface area contributed by atoms with Gasteiger partial charge in [0.05, 0.1) is 0 Å². The molecule has 1 aliphatic carbocycles. The van der Waals surface area contributed by atoms with E-state index in [1.165, 1.54) is 45.1 Å². The molecule has 1 heteroatoms. The van der Waals surface area contributed by atoms with Crippen molar-refractivity contribution in [1.29, 1.82) is 0 Å². The van der Waals surface area contributed by atoms with Gasteiger partial charge in [-0.25, -0.2) is 0 Å². The van der Waals surface area contributed by atoms with Gasteiger partial charge in [0.15, 0.2) is 0 Å². The lowest BCUT2D eigenvalue weighted by atomic mass is 9.70. The molecule has 0 spiro atoms. The topological polar surface area (TPSA) is 12.0 Å². The fourth-order valence-corrected chi connectivity index (χ4v) is 3.17. The number of nitrogens with one attached hydrogen (secondary N) is 1. The minimum absolute atomic E-state index is 0.584. The Kier molecular flexibility index (Phi) is 5.11. The molecule has 0 unspecified atom stereocenters. The van der Waals surface area contributed by atoms with Crippen molar-refractivity contribution in [1.82, 2.24) is 5.32 Å². The first-order valence-electron chi connectivity index (χ1n) is 6.88. The van der Waals surface area contributed by atoms with Gasteiger partial charge >= 0.3 is 0 Å². The molecule has 1 fully saturated rings. The van der Waals surface area contributed by atoms with E-state index in [-0.39, 0.29) is 0 Å². The smallest absolute Gasteiger partial charge is 0.00126 e. The standard InChI is InChI=1S/C14H29N/c1-5-14(6-2,11-15-12(3)4)13-9-7-8-10-13/h12-13,15H,5-11H2,1-4H3. The van der Waals surface area contributed by atoms with Crippen molar-refractivity contribution in [2.45, 2.75) is 72.3 Å². The van der Waals surface area contributed by atoms with Gasteiger partial charge in [-0.2, -0.15) is 0 Å². The number of rotatable bonds is 6. The van der Waals surface area contributed by atoms with Crippen LogP contribution in [0.15, 0.2) is 0 Å². The molecule has 0 amide bonds. The Morgan fingerprint density at radius 3 is 2.07 bits per heavy atom. The summed E-state index contributed by atoms with van der Waals surface area (Å²) in [5.41, 5.74) is 0.584. The molecule has 0 aromatic heterocycles. The Morgan fingerprint density at radius 2 is 1.67 bits per heavy atom. The minimum Gasteiger partial charge on any atom is -0.314 e. The largest absolute Gasteiger partial charge is 0.314 e. The van der Waals surface area contributed by atoms with Crippen LogP contribution in [0.1, 0.15) is 66.2 Å². The molecule has 90 valence electrons. The monoisotopic (exact) mass is 211 g/mol. The van der Waals surface area contributed by atoms with Crippen LogP contribution in [-0.4, -0.2) is 12.6 Å². The Morgan fingerprint density at radius 1 is 1.13 bits per heavy atom. The van der Waals surface area contributed by atoms with Gasteiger partial charge in [0.1, 0.15) is 0 Å². The van der Waals surface area contributed by atoms with Gasteiger partial charge in [-0.1, -0.05) is 40.5 Å². The fourth-order valence-electron chi connectivity index (χ4n) is 3.17. The molecule has 15 heavy (non-hydrogen) atoms. The van der Waals surface area contributed by atoms with E-state index >= 15 is 0 Å². The third-order valence-corrected chi connectivity index (χ3v) is 4.49. The fraction of sp³-hybridized carbons (Fsp3) is 1.00. The molecule has 1 nitrogen and oxygen atoms in total. The highest BCUT2D eigenvalue weighted by Gasteiger charge is 2.36. The van der Waals surface area contributed by atoms with E-state index in [0.29, 0.717) is 11.5 Å². The summed E-state index contributed by atoms with van der Waals surface area (Å²) in [6.07, 6.45) is 8.56. The van der Waals surface area contributed by atoms with Crippen molar-refractivity contribution in [3.05, 3.63) is 0 Å². The summed E-state index contributed by atoms with van der Waals surface area (Å²) in [6, 6.07) is 0.629. The molecular formula is C14H29N. The second kappa shape index (κ2) is 5.89. The van der Waals surface area contributed by atoms with Crippen LogP contribution >= 0.6 is 0 Å². The molecule has 0 saturated heterocycles. The first kappa shape index (κ1) is 13.0. The van der Waals surface area contributed by atoms with Gasteiger partial charge in [-0.3, -0.25) is 0 Å². The summed E-state index contributed by atoms with van der Waals surface area (Å²) < 4.78 is 0. The van der Waals surface area contributed by atoms with E-state index in [0.717, 1.165) is 5.92 Å². The SMILES string of the molecule is CCC(CC)(CNC(C)C)C1CCCC1. The lowest BCUT2D eigenvalue weighted by molar-refractivity contribution is 0.137. The van der Waals surface area contributed by atoms with Crippen molar-refractivity contribution in [2.24, 2.45) is 11.3 Å². The summed E-state index contributed by atoms with van der Waals surface area (Å²) in [7, 11) is 0. The first-order valence-corrected chi connectivity index (χ1v) is 6.88. The van der Waals surface area contributed by atoms with Crippen molar-refractivity contribution in [3.8, 4) is 0 Å². The van der Waals surface area contributed by atoms with Crippen LogP contribution in [0.3, 0.4) is 0 Å². The van der Waals surface area contributed by atoms with Crippen LogP contribution in [0.5, 0.6) is 0 Å². The molecule has 1 N–H and O–H groups in total. The van der Waals surface area contributed by atoms with Gasteiger partial charge in [-0.15, -0.1) is 0 Å². The molecule has 1 aliphatic rings. The average Bonchev–Trinajstić information content (AvgIpc) is 2.74. The van der Waals surface area contributed by atoms with E-state index in [1.807, 2.05) is 0 Å². The third-order valence-electron chi connectivity index (χ3n) is 4.49. The van der Waals surface area contributed by atoms with Gasteiger partial charge in [-0.05, 0) is 37.0 Å². The number of hydrogen-bond acceptors (Lipinski definition) is 1. The van der Waals surface area contributed by atoms with E-state index in [9.17, 15) is 0 Å². The van der Waals surface area contributed by atoms with Crippen LogP contribution in [-0.2, 0) is 0 Å². The van der Waals surface area contributed by atoms with Crippen LogP contribution < -0.4 is 5.32 Å². The van der Waals surface area contributed by atoms with Crippen molar-refractivity contribution >= 4 is 0 Å². The predicted octanol–water partition coefficient (Wildman–Crippen LogP) is 3.98. The van der Waals surface area contributed by atoms with Gasteiger partial charge in [0.25, 0.3) is 0 Å². The molecule has 0 radical (unpaired) electrons. The summed E-state index contributed by atoms with van der Waals surface area (Å²) in [5, 5.41) is 3.67. The zero-order chi connectivity index (χ0) is 11.3. The molecule has 0 aliphatic heterocycles. The summed E-state index contributed by atoms with van der Waals surface area (Å²) >= 11 is 0. The third kappa shape index (κ3) is 3.21. The van der Waals surface area contributed by atoms with E-state index in [2.05, 4.69) is 33.0 Å². The van der Waals surface area contributed by atoms with Crippen LogP contribution in [0.25, 0.3) is 0 Å². The van der Waals surface area contributed by atoms with E-state index in [4.69, 9.17) is 0 Å². The highest BCUT2D eigenvalue weighted by molar-refractivity contribution is 4.89. The molecular weight excluding hydrogens is 182 g/mol. The van der Waals surface area contributed by atoms with Crippen molar-refractivity contribution < 1.29 is 0 Å². The summed E-state index contributed by atoms with van der Waals surface area (Å²) in [4.78, 5) is 0. The Bertz CT molecular complexity index is 164. The lowest BCUT2D eigenvalue weighted by Gasteiger charge is -2.39. The Hall–Kier alpha value is -0.0400. The van der Waals surface area contributed by atoms with Crippen molar-refractivity contribution in [2.75, 3.05) is 6.54 Å². The van der Waals surface area contributed by atoms with Crippen LogP contribution in [0, 0.1) is 11.3 Å². The molecule has 0 heterocycles. The minimum atomic E-state index is 0.584. The highest BCUT2D eigenvalue weighted by Crippen LogP contribution is 2.44. The van der Waals surface area contributed by atoms with E-state index < -0.39 is 0 Å². The van der Waals surface area contributed by atoms with Gasteiger partial charge in [0, 0.05) is 12.6 Å².